The monoisotopic (exact) mass is 263 g/mol. The largest absolute Gasteiger partial charge is 0.342 e. The van der Waals surface area contributed by atoms with Crippen molar-refractivity contribution in [3.8, 4) is 0 Å². The molecule has 2 unspecified atom stereocenters. The Morgan fingerprint density at radius 2 is 2.26 bits per heavy atom. The number of amides is 1. The van der Waals surface area contributed by atoms with E-state index in [4.69, 9.17) is 0 Å². The number of nitrogens with one attached hydrogen (secondary N) is 1. The molecule has 1 aliphatic heterocycles. The van der Waals surface area contributed by atoms with Crippen LogP contribution >= 0.6 is 0 Å². The van der Waals surface area contributed by atoms with Crippen LogP contribution in [0, 0.1) is 19.8 Å². The fourth-order valence-electron chi connectivity index (χ4n) is 3.19. The predicted octanol–water partition coefficient (Wildman–Crippen LogP) is 2.78. The van der Waals surface area contributed by atoms with E-state index in [1.165, 1.54) is 12.8 Å². The molecule has 0 saturated carbocycles. The highest BCUT2D eigenvalue weighted by Crippen LogP contribution is 2.26. The van der Waals surface area contributed by atoms with Gasteiger partial charge in [0.05, 0.1) is 11.6 Å². The number of piperidine rings is 1. The highest BCUT2D eigenvalue weighted by Gasteiger charge is 2.29. The Kier molecular flexibility index (Phi) is 4.27. The topological polar surface area (TPSA) is 49.0 Å². The van der Waals surface area contributed by atoms with Crippen molar-refractivity contribution in [2.75, 3.05) is 13.1 Å². The van der Waals surface area contributed by atoms with Crippen LogP contribution in [0.3, 0.4) is 0 Å². The third kappa shape index (κ3) is 2.82. The van der Waals surface area contributed by atoms with E-state index in [2.05, 4.69) is 17.1 Å². The molecular formula is C15H25N3O. The van der Waals surface area contributed by atoms with Gasteiger partial charge in [-0.1, -0.05) is 13.3 Å². The van der Waals surface area contributed by atoms with Gasteiger partial charge in [-0.2, -0.15) is 5.10 Å². The maximum atomic E-state index is 12.6. The van der Waals surface area contributed by atoms with Crippen molar-refractivity contribution in [3.05, 3.63) is 17.0 Å². The number of aromatic nitrogens is 2. The Balaban J connectivity index is 2.11. The molecule has 1 fully saturated rings. The molecule has 4 heteroatoms. The zero-order chi connectivity index (χ0) is 14.0. The summed E-state index contributed by atoms with van der Waals surface area (Å²) in [5.41, 5.74) is 3.04. The van der Waals surface area contributed by atoms with Crippen molar-refractivity contribution in [1.29, 1.82) is 0 Å². The minimum absolute atomic E-state index is 0.0886. The predicted molar refractivity (Wildman–Crippen MR) is 76.1 cm³/mol. The lowest BCUT2D eigenvalue weighted by Crippen LogP contribution is -2.41. The Hall–Kier alpha value is -1.32. The molecule has 1 aromatic rings. The number of rotatable bonds is 3. The second-order valence-electron chi connectivity index (χ2n) is 5.77. The summed E-state index contributed by atoms with van der Waals surface area (Å²) in [7, 11) is 0. The summed E-state index contributed by atoms with van der Waals surface area (Å²) in [5, 5.41) is 7.17. The van der Waals surface area contributed by atoms with Gasteiger partial charge in [-0.05, 0) is 39.5 Å². The third-order valence-corrected chi connectivity index (χ3v) is 4.40. The van der Waals surface area contributed by atoms with Gasteiger partial charge >= 0.3 is 0 Å². The summed E-state index contributed by atoms with van der Waals surface area (Å²) >= 11 is 0. The molecule has 2 rings (SSSR count). The maximum Gasteiger partial charge on any atom is 0.229 e. The van der Waals surface area contributed by atoms with E-state index in [-0.39, 0.29) is 11.8 Å². The highest BCUT2D eigenvalue weighted by atomic mass is 16.2. The number of aromatic amines is 1. The number of carbonyl (C=O) groups excluding carboxylic acids is 1. The summed E-state index contributed by atoms with van der Waals surface area (Å²) in [4.78, 5) is 14.7. The average molecular weight is 263 g/mol. The van der Waals surface area contributed by atoms with Crippen LogP contribution in [-0.4, -0.2) is 34.1 Å². The SMILES string of the molecule is CCC1CCCN(C(=O)C(C)c2c(C)n[nH]c2C)C1. The molecule has 1 N–H and O–H groups in total. The minimum atomic E-state index is -0.0886. The number of nitrogens with zero attached hydrogens (tertiary/aromatic N) is 2. The summed E-state index contributed by atoms with van der Waals surface area (Å²) in [6.07, 6.45) is 3.57. The molecule has 2 heterocycles. The summed E-state index contributed by atoms with van der Waals surface area (Å²) < 4.78 is 0. The number of hydrogen-bond acceptors (Lipinski definition) is 2. The van der Waals surface area contributed by atoms with Crippen molar-refractivity contribution in [2.24, 2.45) is 5.92 Å². The molecule has 19 heavy (non-hydrogen) atoms. The standard InChI is InChI=1S/C15H25N3O/c1-5-13-7-6-8-18(9-13)15(19)10(2)14-11(3)16-17-12(14)4/h10,13H,5-9H2,1-4H3,(H,16,17). The van der Waals surface area contributed by atoms with E-state index in [0.717, 1.165) is 36.5 Å². The van der Waals surface area contributed by atoms with Crippen LogP contribution in [0.25, 0.3) is 0 Å². The molecule has 0 bridgehead atoms. The van der Waals surface area contributed by atoms with Gasteiger partial charge in [0.15, 0.2) is 0 Å². The smallest absolute Gasteiger partial charge is 0.229 e. The van der Waals surface area contributed by atoms with Crippen molar-refractivity contribution in [1.82, 2.24) is 15.1 Å². The van der Waals surface area contributed by atoms with Gasteiger partial charge in [0.2, 0.25) is 5.91 Å². The molecule has 0 aromatic carbocycles. The van der Waals surface area contributed by atoms with E-state index < -0.39 is 0 Å². The number of likely N-dealkylation sites (tertiary alicyclic amines) is 1. The van der Waals surface area contributed by atoms with Gasteiger partial charge in [0, 0.05) is 24.3 Å². The van der Waals surface area contributed by atoms with Crippen LogP contribution in [-0.2, 0) is 4.79 Å². The lowest BCUT2D eigenvalue weighted by Gasteiger charge is -2.34. The van der Waals surface area contributed by atoms with Crippen molar-refractivity contribution in [3.63, 3.8) is 0 Å². The Bertz CT molecular complexity index is 433. The molecule has 2 atom stereocenters. The van der Waals surface area contributed by atoms with E-state index in [9.17, 15) is 4.79 Å². The molecule has 1 aliphatic rings. The quantitative estimate of drug-likeness (QED) is 0.911. The fraction of sp³-hybridized carbons (Fsp3) is 0.733. The van der Waals surface area contributed by atoms with E-state index in [1.54, 1.807) is 0 Å². The molecule has 4 nitrogen and oxygen atoms in total. The molecule has 106 valence electrons. The second-order valence-corrected chi connectivity index (χ2v) is 5.77. The molecular weight excluding hydrogens is 238 g/mol. The minimum Gasteiger partial charge on any atom is -0.342 e. The summed E-state index contributed by atoms with van der Waals surface area (Å²) in [6, 6.07) is 0. The van der Waals surface area contributed by atoms with Crippen LogP contribution in [0.4, 0.5) is 0 Å². The van der Waals surface area contributed by atoms with Gasteiger partial charge in [-0.25, -0.2) is 0 Å². The number of aryl methyl sites for hydroxylation is 2. The fourth-order valence-corrected chi connectivity index (χ4v) is 3.19. The zero-order valence-corrected chi connectivity index (χ0v) is 12.5. The summed E-state index contributed by atoms with van der Waals surface area (Å²) in [6.45, 7) is 10.0. The van der Waals surface area contributed by atoms with Gasteiger partial charge < -0.3 is 4.90 Å². The number of carbonyl (C=O) groups is 1. The van der Waals surface area contributed by atoms with Crippen LogP contribution in [0.5, 0.6) is 0 Å². The van der Waals surface area contributed by atoms with Crippen LogP contribution < -0.4 is 0 Å². The van der Waals surface area contributed by atoms with Crippen molar-refractivity contribution < 1.29 is 4.79 Å². The maximum absolute atomic E-state index is 12.6. The number of H-pyrrole nitrogens is 1. The van der Waals surface area contributed by atoms with Crippen LogP contribution in [0.1, 0.15) is 56.0 Å². The Morgan fingerprint density at radius 1 is 1.53 bits per heavy atom. The normalized spacial score (nSPS) is 21.5. The molecule has 0 aliphatic carbocycles. The van der Waals surface area contributed by atoms with Gasteiger partial charge in [0.25, 0.3) is 0 Å². The average Bonchev–Trinajstić information content (AvgIpc) is 2.76. The molecule has 1 amide bonds. The van der Waals surface area contributed by atoms with E-state index >= 15 is 0 Å². The second kappa shape index (κ2) is 5.76. The van der Waals surface area contributed by atoms with Gasteiger partial charge in [-0.15, -0.1) is 0 Å². The van der Waals surface area contributed by atoms with Crippen LogP contribution in [0.15, 0.2) is 0 Å². The Morgan fingerprint density at radius 3 is 2.84 bits per heavy atom. The zero-order valence-electron chi connectivity index (χ0n) is 12.5. The molecule has 1 saturated heterocycles. The number of hydrogen-bond donors (Lipinski definition) is 1. The lowest BCUT2D eigenvalue weighted by atomic mass is 9.92. The first-order chi connectivity index (χ1) is 9.04. The first-order valence-corrected chi connectivity index (χ1v) is 7.34. The van der Waals surface area contributed by atoms with E-state index in [0.29, 0.717) is 5.92 Å². The van der Waals surface area contributed by atoms with E-state index in [1.807, 2.05) is 25.7 Å². The molecule has 0 radical (unpaired) electrons. The first-order valence-electron chi connectivity index (χ1n) is 7.34. The van der Waals surface area contributed by atoms with Crippen LogP contribution in [0.2, 0.25) is 0 Å². The van der Waals surface area contributed by atoms with Gasteiger partial charge in [0.1, 0.15) is 0 Å². The highest BCUT2D eigenvalue weighted by molar-refractivity contribution is 5.84. The lowest BCUT2D eigenvalue weighted by molar-refractivity contribution is -0.134. The summed E-state index contributed by atoms with van der Waals surface area (Å²) in [5.74, 6) is 0.844. The molecule has 1 aromatic heterocycles. The van der Waals surface area contributed by atoms with Crippen molar-refractivity contribution in [2.45, 2.75) is 52.9 Å². The Labute approximate surface area is 115 Å². The molecule has 0 spiro atoms. The third-order valence-electron chi connectivity index (χ3n) is 4.40. The van der Waals surface area contributed by atoms with Crippen molar-refractivity contribution >= 4 is 5.91 Å². The first kappa shape index (κ1) is 14.1. The van der Waals surface area contributed by atoms with Gasteiger partial charge in [-0.3, -0.25) is 9.89 Å².